The molecule has 16 heavy (non-hydrogen) atoms. The molecule has 1 aliphatic heterocycles. The molecule has 1 saturated heterocycles. The fourth-order valence-electron chi connectivity index (χ4n) is 1.83. The standard InChI is InChI=1S/C11H14N2O3/c1-8-3-2-4-10(13(14)15)11(8)16-9-5-6-12-7-9/h2-4,9,12H,5-7H2,1H3/t9-/m1/s1. The van der Waals surface area contributed by atoms with E-state index < -0.39 is 4.92 Å². The van der Waals surface area contributed by atoms with Crippen LogP contribution in [0.2, 0.25) is 0 Å². The van der Waals surface area contributed by atoms with E-state index in [9.17, 15) is 10.1 Å². The lowest BCUT2D eigenvalue weighted by Crippen LogP contribution is -2.20. The first-order chi connectivity index (χ1) is 7.68. The van der Waals surface area contributed by atoms with Gasteiger partial charge in [0.2, 0.25) is 0 Å². The van der Waals surface area contributed by atoms with E-state index in [4.69, 9.17) is 4.74 Å². The molecule has 1 atom stereocenters. The van der Waals surface area contributed by atoms with Crippen molar-refractivity contribution in [3.8, 4) is 5.75 Å². The van der Waals surface area contributed by atoms with Crippen LogP contribution in [-0.4, -0.2) is 24.1 Å². The molecular formula is C11H14N2O3. The van der Waals surface area contributed by atoms with Gasteiger partial charge in [-0.2, -0.15) is 0 Å². The Morgan fingerprint density at radius 3 is 3.00 bits per heavy atom. The van der Waals surface area contributed by atoms with E-state index in [1.807, 2.05) is 13.0 Å². The summed E-state index contributed by atoms with van der Waals surface area (Å²) in [5.41, 5.74) is 0.855. The van der Waals surface area contributed by atoms with Crippen LogP contribution in [0.25, 0.3) is 0 Å². The summed E-state index contributed by atoms with van der Waals surface area (Å²) in [6, 6.07) is 4.97. The van der Waals surface area contributed by atoms with E-state index in [-0.39, 0.29) is 11.8 Å². The summed E-state index contributed by atoms with van der Waals surface area (Å²) in [6.07, 6.45) is 0.936. The van der Waals surface area contributed by atoms with E-state index in [0.29, 0.717) is 5.75 Å². The zero-order chi connectivity index (χ0) is 11.5. The molecule has 0 aromatic heterocycles. The Bertz CT molecular complexity index is 400. The summed E-state index contributed by atoms with van der Waals surface area (Å²) in [6.45, 7) is 3.49. The molecule has 0 aliphatic carbocycles. The molecule has 5 nitrogen and oxygen atoms in total. The van der Waals surface area contributed by atoms with Crippen LogP contribution in [0.15, 0.2) is 18.2 Å². The molecule has 1 aliphatic rings. The molecule has 0 spiro atoms. The maximum atomic E-state index is 10.9. The highest BCUT2D eigenvalue weighted by atomic mass is 16.6. The molecule has 86 valence electrons. The normalized spacial score (nSPS) is 19.7. The van der Waals surface area contributed by atoms with Gasteiger partial charge in [-0.25, -0.2) is 0 Å². The number of aryl methyl sites for hydroxylation is 1. The van der Waals surface area contributed by atoms with Crippen LogP contribution >= 0.6 is 0 Å². The number of nitro groups is 1. The van der Waals surface area contributed by atoms with Crippen LogP contribution in [0.4, 0.5) is 5.69 Å². The Morgan fingerprint density at radius 2 is 2.38 bits per heavy atom. The molecule has 0 unspecified atom stereocenters. The summed E-state index contributed by atoms with van der Waals surface area (Å²) in [4.78, 5) is 10.5. The van der Waals surface area contributed by atoms with Gasteiger partial charge < -0.3 is 10.1 Å². The van der Waals surface area contributed by atoms with Crippen LogP contribution in [0.3, 0.4) is 0 Å². The number of nitrogens with one attached hydrogen (secondary N) is 1. The lowest BCUT2D eigenvalue weighted by molar-refractivity contribution is -0.386. The highest BCUT2D eigenvalue weighted by Gasteiger charge is 2.22. The number of nitrogens with zero attached hydrogens (tertiary/aromatic N) is 1. The SMILES string of the molecule is Cc1cccc([N+](=O)[O-])c1O[C@@H]1CCNC1. The summed E-state index contributed by atoms with van der Waals surface area (Å²) >= 11 is 0. The summed E-state index contributed by atoms with van der Waals surface area (Å²) in [5, 5.41) is 14.0. The average Bonchev–Trinajstić information content (AvgIpc) is 2.73. The number of benzene rings is 1. The summed E-state index contributed by atoms with van der Waals surface area (Å²) in [5.74, 6) is 0.404. The zero-order valence-corrected chi connectivity index (χ0v) is 9.10. The smallest absolute Gasteiger partial charge is 0.311 e. The van der Waals surface area contributed by atoms with Crippen molar-refractivity contribution in [1.29, 1.82) is 0 Å². The third-order valence-corrected chi connectivity index (χ3v) is 2.69. The van der Waals surface area contributed by atoms with Gasteiger partial charge in [-0.3, -0.25) is 10.1 Å². The van der Waals surface area contributed by atoms with Gasteiger partial charge in [0.1, 0.15) is 6.10 Å². The van der Waals surface area contributed by atoms with E-state index in [0.717, 1.165) is 25.1 Å². The lowest BCUT2D eigenvalue weighted by atomic mass is 10.2. The fraction of sp³-hybridized carbons (Fsp3) is 0.455. The van der Waals surface area contributed by atoms with Crippen molar-refractivity contribution >= 4 is 5.69 Å². The van der Waals surface area contributed by atoms with Crippen molar-refractivity contribution in [2.75, 3.05) is 13.1 Å². The maximum absolute atomic E-state index is 10.9. The van der Waals surface area contributed by atoms with E-state index >= 15 is 0 Å². The van der Waals surface area contributed by atoms with Gasteiger partial charge in [0.05, 0.1) is 4.92 Å². The second kappa shape index (κ2) is 4.49. The third kappa shape index (κ3) is 2.14. The second-order valence-electron chi connectivity index (χ2n) is 3.91. The molecule has 0 radical (unpaired) electrons. The Morgan fingerprint density at radius 1 is 1.56 bits per heavy atom. The largest absolute Gasteiger partial charge is 0.482 e. The molecule has 0 saturated carbocycles. The molecule has 1 aromatic rings. The first-order valence-electron chi connectivity index (χ1n) is 5.30. The van der Waals surface area contributed by atoms with Crippen molar-refractivity contribution in [1.82, 2.24) is 5.32 Å². The Hall–Kier alpha value is -1.62. The molecule has 1 heterocycles. The molecule has 1 aromatic carbocycles. The maximum Gasteiger partial charge on any atom is 0.311 e. The van der Waals surface area contributed by atoms with Crippen LogP contribution in [0, 0.1) is 17.0 Å². The number of para-hydroxylation sites is 1. The minimum atomic E-state index is -0.398. The monoisotopic (exact) mass is 222 g/mol. The Kier molecular flexibility index (Phi) is 3.05. The van der Waals surface area contributed by atoms with Gasteiger partial charge in [0, 0.05) is 12.6 Å². The van der Waals surface area contributed by atoms with E-state index in [2.05, 4.69) is 5.32 Å². The van der Waals surface area contributed by atoms with E-state index in [1.165, 1.54) is 6.07 Å². The molecule has 2 rings (SSSR count). The van der Waals surface area contributed by atoms with Crippen molar-refractivity contribution < 1.29 is 9.66 Å². The molecular weight excluding hydrogens is 208 g/mol. The molecule has 0 amide bonds. The number of hydrogen-bond acceptors (Lipinski definition) is 4. The summed E-state index contributed by atoms with van der Waals surface area (Å²) < 4.78 is 5.69. The Labute approximate surface area is 93.6 Å². The second-order valence-corrected chi connectivity index (χ2v) is 3.91. The average molecular weight is 222 g/mol. The number of nitro benzene ring substituents is 1. The highest BCUT2D eigenvalue weighted by molar-refractivity contribution is 5.51. The summed E-state index contributed by atoms with van der Waals surface area (Å²) in [7, 11) is 0. The highest BCUT2D eigenvalue weighted by Crippen LogP contribution is 2.31. The Balaban J connectivity index is 2.26. The van der Waals surface area contributed by atoms with Gasteiger partial charge in [-0.15, -0.1) is 0 Å². The minimum Gasteiger partial charge on any atom is -0.482 e. The van der Waals surface area contributed by atoms with Crippen molar-refractivity contribution in [2.24, 2.45) is 0 Å². The van der Waals surface area contributed by atoms with E-state index in [1.54, 1.807) is 6.07 Å². The van der Waals surface area contributed by atoms with Crippen molar-refractivity contribution in [2.45, 2.75) is 19.4 Å². The zero-order valence-electron chi connectivity index (χ0n) is 9.10. The van der Waals surface area contributed by atoms with Gasteiger partial charge in [0.25, 0.3) is 0 Å². The lowest BCUT2D eigenvalue weighted by Gasteiger charge is -2.14. The predicted molar refractivity (Wildman–Crippen MR) is 59.7 cm³/mol. The number of hydrogen-bond donors (Lipinski definition) is 1. The van der Waals surface area contributed by atoms with Gasteiger partial charge in [-0.05, 0) is 25.5 Å². The first kappa shape index (κ1) is 10.9. The van der Waals surface area contributed by atoms with Gasteiger partial charge >= 0.3 is 5.69 Å². The molecule has 0 bridgehead atoms. The third-order valence-electron chi connectivity index (χ3n) is 2.69. The van der Waals surface area contributed by atoms with Crippen molar-refractivity contribution in [3.63, 3.8) is 0 Å². The number of rotatable bonds is 3. The van der Waals surface area contributed by atoms with Crippen LogP contribution < -0.4 is 10.1 Å². The molecule has 5 heteroatoms. The number of ether oxygens (including phenoxy) is 1. The quantitative estimate of drug-likeness (QED) is 0.623. The molecule has 1 N–H and O–H groups in total. The van der Waals surface area contributed by atoms with Crippen LogP contribution in [-0.2, 0) is 0 Å². The topological polar surface area (TPSA) is 64.4 Å². The minimum absolute atomic E-state index is 0.0415. The predicted octanol–water partition coefficient (Wildman–Crippen LogP) is 1.64. The van der Waals surface area contributed by atoms with Gasteiger partial charge in [-0.1, -0.05) is 12.1 Å². The first-order valence-corrected chi connectivity index (χ1v) is 5.30. The van der Waals surface area contributed by atoms with Crippen LogP contribution in [0.5, 0.6) is 5.75 Å². The molecule has 1 fully saturated rings. The van der Waals surface area contributed by atoms with Gasteiger partial charge in [0.15, 0.2) is 5.75 Å². The van der Waals surface area contributed by atoms with Crippen molar-refractivity contribution in [3.05, 3.63) is 33.9 Å². The van der Waals surface area contributed by atoms with Crippen LogP contribution in [0.1, 0.15) is 12.0 Å². The fourth-order valence-corrected chi connectivity index (χ4v) is 1.83.